The second-order valence-electron chi connectivity index (χ2n) is 3.78. The fraction of sp³-hybridized carbons (Fsp3) is 0.167. The maximum Gasteiger partial charge on any atom is 0.215 e. The molecule has 0 aliphatic heterocycles. The van der Waals surface area contributed by atoms with Crippen LogP contribution in [0.15, 0.2) is 18.2 Å². The highest BCUT2D eigenvalue weighted by Gasteiger charge is 2.13. The first-order chi connectivity index (χ1) is 9.17. The van der Waals surface area contributed by atoms with Crippen molar-refractivity contribution in [3.63, 3.8) is 0 Å². The number of nitrogens with zero attached hydrogens (tertiary/aromatic N) is 2. The summed E-state index contributed by atoms with van der Waals surface area (Å²) in [6, 6.07) is 5.47. The van der Waals surface area contributed by atoms with Crippen molar-refractivity contribution in [2.45, 2.75) is 6.92 Å². The van der Waals surface area contributed by atoms with Gasteiger partial charge < -0.3 is 9.72 Å². The van der Waals surface area contributed by atoms with Crippen molar-refractivity contribution in [1.29, 1.82) is 0 Å². The Morgan fingerprint density at radius 2 is 2.16 bits per heavy atom. The molecule has 7 heteroatoms. The molecule has 3 aromatic heterocycles. The van der Waals surface area contributed by atoms with Gasteiger partial charge in [-0.2, -0.15) is 4.98 Å². The third-order valence-electron chi connectivity index (χ3n) is 2.52. The third kappa shape index (κ3) is 2.41. The van der Waals surface area contributed by atoms with E-state index in [4.69, 9.17) is 27.9 Å². The summed E-state index contributed by atoms with van der Waals surface area (Å²) in [5.41, 5.74) is 2.21. The molecule has 19 heavy (non-hydrogen) atoms. The lowest BCUT2D eigenvalue weighted by atomic mass is 10.3. The molecule has 0 unspecified atom stereocenters. The lowest BCUT2D eigenvalue weighted by molar-refractivity contribution is 0.328. The van der Waals surface area contributed by atoms with Gasteiger partial charge in [0.1, 0.15) is 10.2 Å². The number of aromatic amines is 1. The van der Waals surface area contributed by atoms with Gasteiger partial charge in [-0.05, 0) is 19.1 Å². The number of nitrogens with one attached hydrogen (secondary N) is 1. The number of aromatic nitrogens is 3. The third-order valence-corrected chi connectivity index (χ3v) is 4.01. The zero-order chi connectivity index (χ0) is 13.4. The van der Waals surface area contributed by atoms with E-state index in [2.05, 4.69) is 15.0 Å². The Kier molecular flexibility index (Phi) is 3.35. The number of H-pyrrole nitrogens is 1. The molecule has 4 nitrogen and oxygen atoms in total. The molecule has 3 heterocycles. The summed E-state index contributed by atoms with van der Waals surface area (Å²) in [7, 11) is 0. The lowest BCUT2D eigenvalue weighted by Crippen LogP contribution is -1.93. The molecular weight excluding hydrogens is 305 g/mol. The normalized spacial score (nSPS) is 11.1. The second-order valence-corrected chi connectivity index (χ2v) is 6.06. The number of ether oxygens (including phenoxy) is 1. The average Bonchev–Trinajstić information content (AvgIpc) is 2.92. The van der Waals surface area contributed by atoms with E-state index in [1.165, 1.54) is 11.3 Å². The second kappa shape index (κ2) is 5.00. The van der Waals surface area contributed by atoms with Crippen LogP contribution in [0, 0.1) is 0 Å². The van der Waals surface area contributed by atoms with Gasteiger partial charge in [-0.25, -0.2) is 4.98 Å². The maximum atomic E-state index is 6.12. The predicted molar refractivity (Wildman–Crippen MR) is 78.4 cm³/mol. The Balaban J connectivity index is 2.08. The number of halogens is 2. The Hall–Kier alpha value is -1.30. The van der Waals surface area contributed by atoms with Crippen molar-refractivity contribution in [3.05, 3.63) is 26.9 Å². The first kappa shape index (κ1) is 12.7. The van der Waals surface area contributed by atoms with E-state index in [1.54, 1.807) is 12.1 Å². The quantitative estimate of drug-likeness (QED) is 0.780. The zero-order valence-electron chi connectivity index (χ0n) is 9.91. The highest BCUT2D eigenvalue weighted by Crippen LogP contribution is 2.37. The molecule has 0 amide bonds. The maximum absolute atomic E-state index is 6.12. The summed E-state index contributed by atoms with van der Waals surface area (Å²) in [4.78, 5) is 11.9. The van der Waals surface area contributed by atoms with Gasteiger partial charge in [-0.1, -0.05) is 23.2 Å². The number of rotatable bonds is 3. The van der Waals surface area contributed by atoms with Gasteiger partial charge in [-0.3, -0.25) is 0 Å². The molecule has 0 aliphatic rings. The lowest BCUT2D eigenvalue weighted by Gasteiger charge is -1.99. The molecule has 0 saturated carbocycles. The minimum atomic E-state index is 0.558. The standard InChI is InChI=1S/C12H9Cl2N3OS/c1-2-18-9-4-3-7-12(16-9)17-11(15-7)6-5-8(13)19-10(6)14/h3-5H,2H2,1H3,(H,15,16,17). The van der Waals surface area contributed by atoms with Crippen molar-refractivity contribution < 1.29 is 4.74 Å². The first-order valence-corrected chi connectivity index (χ1v) is 7.19. The van der Waals surface area contributed by atoms with E-state index < -0.39 is 0 Å². The highest BCUT2D eigenvalue weighted by molar-refractivity contribution is 7.20. The molecule has 1 N–H and O–H groups in total. The van der Waals surface area contributed by atoms with Crippen LogP contribution in [0.1, 0.15) is 6.92 Å². The van der Waals surface area contributed by atoms with Gasteiger partial charge in [0.25, 0.3) is 0 Å². The van der Waals surface area contributed by atoms with Gasteiger partial charge in [0.15, 0.2) is 5.65 Å². The predicted octanol–water partition coefficient (Wildman–Crippen LogP) is 4.39. The zero-order valence-corrected chi connectivity index (χ0v) is 12.2. The van der Waals surface area contributed by atoms with Gasteiger partial charge >= 0.3 is 0 Å². The fourth-order valence-corrected chi connectivity index (χ4v) is 3.20. The van der Waals surface area contributed by atoms with Crippen LogP contribution in [-0.4, -0.2) is 21.6 Å². The van der Waals surface area contributed by atoms with Gasteiger partial charge in [0, 0.05) is 11.6 Å². The molecule has 0 saturated heterocycles. The smallest absolute Gasteiger partial charge is 0.215 e. The highest BCUT2D eigenvalue weighted by atomic mass is 35.5. The van der Waals surface area contributed by atoms with Gasteiger partial charge in [0.05, 0.1) is 16.5 Å². The topological polar surface area (TPSA) is 50.8 Å². The number of imidazole rings is 1. The number of pyridine rings is 1. The van der Waals surface area contributed by atoms with Crippen LogP contribution in [0.3, 0.4) is 0 Å². The number of hydrogen-bond donors (Lipinski definition) is 1. The van der Waals surface area contributed by atoms with Crippen molar-refractivity contribution >= 4 is 45.7 Å². The molecule has 0 spiro atoms. The molecule has 0 fully saturated rings. The minimum absolute atomic E-state index is 0.558. The van der Waals surface area contributed by atoms with E-state index in [9.17, 15) is 0 Å². The Morgan fingerprint density at radius 3 is 2.84 bits per heavy atom. The molecule has 0 atom stereocenters. The molecule has 0 bridgehead atoms. The van der Waals surface area contributed by atoms with Crippen LogP contribution < -0.4 is 4.74 Å². The Bertz CT molecular complexity index is 738. The summed E-state index contributed by atoms with van der Waals surface area (Å²) in [5, 5.41) is 0. The van der Waals surface area contributed by atoms with Crippen LogP contribution >= 0.6 is 34.5 Å². The van der Waals surface area contributed by atoms with E-state index in [0.717, 1.165) is 11.1 Å². The van der Waals surface area contributed by atoms with Gasteiger partial charge in [0.2, 0.25) is 5.88 Å². The molecule has 3 aromatic rings. The Labute approximate surface area is 123 Å². The molecule has 0 aromatic carbocycles. The fourth-order valence-electron chi connectivity index (χ4n) is 1.73. The van der Waals surface area contributed by atoms with Crippen molar-refractivity contribution in [1.82, 2.24) is 15.0 Å². The number of hydrogen-bond acceptors (Lipinski definition) is 4. The largest absolute Gasteiger partial charge is 0.478 e. The number of fused-ring (bicyclic) bond motifs is 1. The van der Waals surface area contributed by atoms with Crippen molar-refractivity contribution in [2.24, 2.45) is 0 Å². The van der Waals surface area contributed by atoms with Crippen LogP contribution in [0.5, 0.6) is 5.88 Å². The van der Waals surface area contributed by atoms with E-state index >= 15 is 0 Å². The summed E-state index contributed by atoms with van der Waals surface area (Å²) in [6.45, 7) is 2.48. The van der Waals surface area contributed by atoms with Crippen LogP contribution in [0.2, 0.25) is 8.67 Å². The molecule has 0 aliphatic carbocycles. The minimum Gasteiger partial charge on any atom is -0.478 e. The SMILES string of the molecule is CCOc1ccc2[nH]c(-c3cc(Cl)sc3Cl)nc2n1. The Morgan fingerprint density at radius 1 is 1.32 bits per heavy atom. The van der Waals surface area contributed by atoms with Crippen molar-refractivity contribution in [3.8, 4) is 17.3 Å². The van der Waals surface area contributed by atoms with Crippen LogP contribution in [0.4, 0.5) is 0 Å². The van der Waals surface area contributed by atoms with Crippen molar-refractivity contribution in [2.75, 3.05) is 6.61 Å². The molecule has 98 valence electrons. The van der Waals surface area contributed by atoms with E-state index in [1.807, 2.05) is 13.0 Å². The summed E-state index contributed by atoms with van der Waals surface area (Å²) in [6.07, 6.45) is 0. The molecular formula is C12H9Cl2N3OS. The summed E-state index contributed by atoms with van der Waals surface area (Å²) in [5.74, 6) is 1.21. The summed E-state index contributed by atoms with van der Waals surface area (Å²) >= 11 is 13.4. The van der Waals surface area contributed by atoms with Crippen LogP contribution in [0.25, 0.3) is 22.6 Å². The molecule has 3 rings (SSSR count). The van der Waals surface area contributed by atoms with E-state index in [0.29, 0.717) is 32.6 Å². The van der Waals surface area contributed by atoms with Crippen LogP contribution in [-0.2, 0) is 0 Å². The average molecular weight is 314 g/mol. The summed E-state index contributed by atoms with van der Waals surface area (Å²) < 4.78 is 6.58. The van der Waals surface area contributed by atoms with Gasteiger partial charge in [-0.15, -0.1) is 11.3 Å². The first-order valence-electron chi connectivity index (χ1n) is 5.62. The number of thiophene rings is 1. The monoisotopic (exact) mass is 313 g/mol. The van der Waals surface area contributed by atoms with E-state index in [-0.39, 0.29) is 0 Å². The molecule has 0 radical (unpaired) electrons.